The van der Waals surface area contributed by atoms with E-state index >= 15 is 0 Å². The molecule has 6 heteroatoms. The highest BCUT2D eigenvalue weighted by molar-refractivity contribution is 5.69. The molecule has 0 unspecified atom stereocenters. The Morgan fingerprint density at radius 3 is 2.92 bits per heavy atom. The first-order valence-corrected chi connectivity index (χ1v) is 3.93. The fourth-order valence-electron chi connectivity index (χ4n) is 0.803. The Morgan fingerprint density at radius 2 is 2.46 bits per heavy atom. The van der Waals surface area contributed by atoms with Gasteiger partial charge in [-0.25, -0.2) is 4.79 Å². The molecule has 0 bridgehead atoms. The molecule has 0 saturated heterocycles. The number of hydrogen-bond acceptors (Lipinski definition) is 5. The predicted octanol–water partition coefficient (Wildman–Crippen LogP) is -0.188. The number of nitrogen functional groups attached to an aromatic ring is 1. The van der Waals surface area contributed by atoms with Crippen molar-refractivity contribution in [1.29, 1.82) is 0 Å². The molecule has 0 atom stereocenters. The number of ether oxygens (including phenoxy) is 1. The van der Waals surface area contributed by atoms with E-state index in [0.29, 0.717) is 0 Å². The van der Waals surface area contributed by atoms with Crippen molar-refractivity contribution >= 4 is 11.8 Å². The number of esters is 1. The van der Waals surface area contributed by atoms with E-state index in [1.165, 1.54) is 11.0 Å². The molecule has 0 spiro atoms. The average Bonchev–Trinajstić information content (AvgIpc) is 2.33. The topological polar surface area (TPSA) is 83.0 Å². The minimum absolute atomic E-state index is 0.00458. The molecule has 0 aromatic carbocycles. The minimum atomic E-state index is -0.370. The summed E-state index contributed by atoms with van der Waals surface area (Å²) in [6.07, 6.45) is 1.25. The van der Waals surface area contributed by atoms with Gasteiger partial charge in [-0.2, -0.15) is 9.90 Å². The lowest BCUT2D eigenvalue weighted by Crippen LogP contribution is -2.19. The average molecular weight is 184 g/mol. The molecular weight excluding hydrogens is 172 g/mol. The molecule has 1 aromatic heterocycles. The summed E-state index contributed by atoms with van der Waals surface area (Å²) in [5.74, 6) is -0.0806. The first-order valence-electron chi connectivity index (χ1n) is 3.93. The summed E-state index contributed by atoms with van der Waals surface area (Å²) >= 11 is 0. The molecule has 1 rings (SSSR count). The highest BCUT2D eigenvalue weighted by Crippen LogP contribution is 1.94. The lowest BCUT2D eigenvalue weighted by atomic mass is 10.5. The molecular formula is C7H12N4O2. The number of carbonyl (C=O) groups excluding carboxylic acids is 1. The van der Waals surface area contributed by atoms with Gasteiger partial charge in [-0.05, 0) is 13.8 Å². The predicted molar refractivity (Wildman–Crippen MR) is 45.7 cm³/mol. The molecule has 72 valence electrons. The Balaban J connectivity index is 2.45. The van der Waals surface area contributed by atoms with Crippen LogP contribution >= 0.6 is 0 Å². The molecule has 6 nitrogen and oxygen atoms in total. The van der Waals surface area contributed by atoms with Crippen molar-refractivity contribution in [3.63, 3.8) is 0 Å². The second kappa shape index (κ2) is 3.88. The van der Waals surface area contributed by atoms with E-state index in [0.717, 1.165) is 0 Å². The van der Waals surface area contributed by atoms with Crippen LogP contribution in [-0.2, 0) is 16.1 Å². The fraction of sp³-hybridized carbons (Fsp3) is 0.571. The summed E-state index contributed by atoms with van der Waals surface area (Å²) in [4.78, 5) is 12.3. The first kappa shape index (κ1) is 9.50. The number of aromatic nitrogens is 3. The van der Waals surface area contributed by atoms with Gasteiger partial charge in [0.05, 0.1) is 12.3 Å². The van der Waals surface area contributed by atoms with E-state index < -0.39 is 0 Å². The Labute approximate surface area is 75.7 Å². The molecule has 0 aliphatic heterocycles. The summed E-state index contributed by atoms with van der Waals surface area (Å²) in [6, 6.07) is 0. The zero-order chi connectivity index (χ0) is 9.84. The second-order valence-corrected chi connectivity index (χ2v) is 2.84. The van der Waals surface area contributed by atoms with E-state index in [9.17, 15) is 4.79 Å². The number of hydrogen-bond donors (Lipinski definition) is 1. The van der Waals surface area contributed by atoms with Crippen LogP contribution in [0.3, 0.4) is 0 Å². The summed E-state index contributed by atoms with van der Waals surface area (Å²) in [7, 11) is 0. The molecule has 0 saturated carbocycles. The van der Waals surface area contributed by atoms with Crippen molar-refractivity contribution in [1.82, 2.24) is 15.0 Å². The second-order valence-electron chi connectivity index (χ2n) is 2.84. The molecule has 0 aliphatic rings. The van der Waals surface area contributed by atoms with Crippen LogP contribution in [-0.4, -0.2) is 27.1 Å². The highest BCUT2D eigenvalue weighted by atomic mass is 16.5. The van der Waals surface area contributed by atoms with Crippen LogP contribution in [0.2, 0.25) is 0 Å². The van der Waals surface area contributed by atoms with Crippen molar-refractivity contribution in [2.75, 3.05) is 5.73 Å². The molecule has 0 radical (unpaired) electrons. The molecule has 0 fully saturated rings. The van der Waals surface area contributed by atoms with E-state index in [1.54, 1.807) is 13.8 Å². The van der Waals surface area contributed by atoms with Crippen molar-refractivity contribution in [3.8, 4) is 0 Å². The summed E-state index contributed by atoms with van der Waals surface area (Å²) < 4.78 is 4.88. The van der Waals surface area contributed by atoms with Gasteiger partial charge in [-0.1, -0.05) is 0 Å². The van der Waals surface area contributed by atoms with Gasteiger partial charge in [-0.3, -0.25) is 0 Å². The monoisotopic (exact) mass is 184 g/mol. The molecule has 1 heterocycles. The van der Waals surface area contributed by atoms with E-state index in [2.05, 4.69) is 10.2 Å². The van der Waals surface area contributed by atoms with Crippen LogP contribution in [0.15, 0.2) is 6.20 Å². The molecule has 0 aliphatic carbocycles. The Bertz CT molecular complexity index is 294. The van der Waals surface area contributed by atoms with Crippen LogP contribution in [0.4, 0.5) is 5.82 Å². The first-order chi connectivity index (χ1) is 6.08. The lowest BCUT2D eigenvalue weighted by molar-refractivity contribution is -0.148. The van der Waals surface area contributed by atoms with Gasteiger partial charge in [0.1, 0.15) is 0 Å². The maximum absolute atomic E-state index is 11.1. The van der Waals surface area contributed by atoms with Gasteiger partial charge in [0, 0.05) is 0 Å². The van der Waals surface area contributed by atoms with Crippen LogP contribution in [0.5, 0.6) is 0 Å². The normalized spacial score (nSPS) is 10.4. The number of nitrogens with zero attached hydrogens (tertiary/aromatic N) is 3. The molecule has 1 aromatic rings. The maximum Gasteiger partial charge on any atom is 0.329 e. The highest BCUT2D eigenvalue weighted by Gasteiger charge is 2.07. The SMILES string of the molecule is CC(C)OC(=O)Cn1ncc(N)n1. The minimum Gasteiger partial charge on any atom is -0.462 e. The third kappa shape index (κ3) is 3.10. The smallest absolute Gasteiger partial charge is 0.329 e. The van der Waals surface area contributed by atoms with E-state index in [-0.39, 0.29) is 24.4 Å². The van der Waals surface area contributed by atoms with Crippen LogP contribution in [0, 0.1) is 0 Å². The van der Waals surface area contributed by atoms with Crippen LogP contribution in [0.25, 0.3) is 0 Å². The summed E-state index contributed by atoms with van der Waals surface area (Å²) in [5, 5.41) is 7.48. The number of carbonyl (C=O) groups is 1. The standard InChI is InChI=1S/C7H12N4O2/c1-5(2)13-7(12)4-11-9-3-6(8)10-11/h3,5H,4H2,1-2H3,(H2,8,10). The van der Waals surface area contributed by atoms with Gasteiger partial charge < -0.3 is 10.5 Å². The lowest BCUT2D eigenvalue weighted by Gasteiger charge is -2.06. The summed E-state index contributed by atoms with van der Waals surface area (Å²) in [6.45, 7) is 3.56. The largest absolute Gasteiger partial charge is 0.462 e. The van der Waals surface area contributed by atoms with Gasteiger partial charge in [0.2, 0.25) is 0 Å². The fourth-order valence-corrected chi connectivity index (χ4v) is 0.803. The van der Waals surface area contributed by atoms with Gasteiger partial charge in [0.15, 0.2) is 12.4 Å². The Kier molecular flexibility index (Phi) is 2.84. The Morgan fingerprint density at radius 1 is 1.77 bits per heavy atom. The van der Waals surface area contributed by atoms with E-state index in [4.69, 9.17) is 10.5 Å². The number of nitrogens with two attached hydrogens (primary N) is 1. The van der Waals surface area contributed by atoms with Gasteiger partial charge in [0.25, 0.3) is 0 Å². The zero-order valence-corrected chi connectivity index (χ0v) is 7.60. The summed E-state index contributed by atoms with van der Waals surface area (Å²) in [5.41, 5.74) is 5.31. The van der Waals surface area contributed by atoms with Crippen LogP contribution in [0.1, 0.15) is 13.8 Å². The third-order valence-electron chi connectivity index (χ3n) is 1.19. The van der Waals surface area contributed by atoms with Crippen molar-refractivity contribution in [3.05, 3.63) is 6.20 Å². The third-order valence-corrected chi connectivity index (χ3v) is 1.19. The molecule has 0 amide bonds. The van der Waals surface area contributed by atoms with Crippen molar-refractivity contribution in [2.24, 2.45) is 0 Å². The van der Waals surface area contributed by atoms with Crippen molar-refractivity contribution < 1.29 is 9.53 Å². The zero-order valence-electron chi connectivity index (χ0n) is 7.60. The van der Waals surface area contributed by atoms with Gasteiger partial charge >= 0.3 is 5.97 Å². The van der Waals surface area contributed by atoms with Crippen LogP contribution < -0.4 is 5.73 Å². The quantitative estimate of drug-likeness (QED) is 0.658. The van der Waals surface area contributed by atoms with Gasteiger partial charge in [-0.15, -0.1) is 5.10 Å². The maximum atomic E-state index is 11.1. The Hall–Kier alpha value is -1.59. The van der Waals surface area contributed by atoms with E-state index in [1.807, 2.05) is 0 Å². The molecule has 13 heavy (non-hydrogen) atoms. The number of rotatable bonds is 3. The van der Waals surface area contributed by atoms with Crippen molar-refractivity contribution in [2.45, 2.75) is 26.5 Å². The molecule has 2 N–H and O–H groups in total. The number of anilines is 1.